The Labute approximate surface area is 135 Å². The summed E-state index contributed by atoms with van der Waals surface area (Å²) in [5.41, 5.74) is 3.31. The Morgan fingerprint density at radius 1 is 1.09 bits per heavy atom. The maximum Gasteiger partial charge on any atom is 0.212 e. The molecule has 0 bridgehead atoms. The van der Waals surface area contributed by atoms with Crippen molar-refractivity contribution < 1.29 is 12.8 Å². The van der Waals surface area contributed by atoms with E-state index >= 15 is 0 Å². The molecule has 0 saturated carbocycles. The summed E-state index contributed by atoms with van der Waals surface area (Å²) in [5.74, 6) is 0.670. The first-order valence-corrected chi connectivity index (χ1v) is 9.04. The first-order chi connectivity index (χ1) is 11.0. The molecule has 120 valence electrons. The van der Waals surface area contributed by atoms with Crippen LogP contribution in [0, 0.1) is 6.92 Å². The van der Waals surface area contributed by atoms with E-state index in [0.717, 1.165) is 16.6 Å². The van der Waals surface area contributed by atoms with Gasteiger partial charge in [0.2, 0.25) is 10.0 Å². The molecule has 1 N–H and O–H groups in total. The number of aryl methyl sites for hydroxylation is 2. The quantitative estimate of drug-likeness (QED) is 0.754. The van der Waals surface area contributed by atoms with Crippen molar-refractivity contribution >= 4 is 21.1 Å². The summed E-state index contributed by atoms with van der Waals surface area (Å²) in [6.45, 7) is 2.03. The molecule has 3 aromatic rings. The average molecular weight is 330 g/mol. The SMILES string of the molecule is Cc1nc2cc(CNS(=O)(=O)CCc3ccccc3)ccc2o1. The number of nitrogens with zero attached hydrogens (tertiary/aromatic N) is 1. The van der Waals surface area contributed by atoms with E-state index < -0.39 is 10.0 Å². The smallest absolute Gasteiger partial charge is 0.212 e. The van der Waals surface area contributed by atoms with Gasteiger partial charge in [-0.25, -0.2) is 18.1 Å². The van der Waals surface area contributed by atoms with Gasteiger partial charge in [0.1, 0.15) is 5.52 Å². The molecule has 0 amide bonds. The average Bonchev–Trinajstić information content (AvgIpc) is 2.91. The van der Waals surface area contributed by atoms with Crippen LogP contribution in [-0.2, 0) is 23.0 Å². The molecule has 0 aliphatic carbocycles. The first kappa shape index (κ1) is 15.7. The van der Waals surface area contributed by atoms with E-state index in [2.05, 4.69) is 9.71 Å². The second-order valence-electron chi connectivity index (χ2n) is 5.41. The Bertz CT molecular complexity index is 902. The number of hydrogen-bond donors (Lipinski definition) is 1. The fraction of sp³-hybridized carbons (Fsp3) is 0.235. The molecule has 6 heteroatoms. The van der Waals surface area contributed by atoms with Crippen molar-refractivity contribution in [3.63, 3.8) is 0 Å². The number of sulfonamides is 1. The van der Waals surface area contributed by atoms with Crippen LogP contribution in [0.4, 0.5) is 0 Å². The van der Waals surface area contributed by atoms with E-state index in [1.807, 2.05) is 48.5 Å². The first-order valence-electron chi connectivity index (χ1n) is 7.39. The largest absolute Gasteiger partial charge is 0.441 e. The summed E-state index contributed by atoms with van der Waals surface area (Å²) in [6.07, 6.45) is 0.498. The molecular formula is C17H18N2O3S. The molecule has 2 aromatic carbocycles. The van der Waals surface area contributed by atoms with Crippen LogP contribution in [0.15, 0.2) is 52.9 Å². The van der Waals surface area contributed by atoms with Gasteiger partial charge in [-0.1, -0.05) is 36.4 Å². The summed E-state index contributed by atoms with van der Waals surface area (Å²) in [6, 6.07) is 15.1. The highest BCUT2D eigenvalue weighted by molar-refractivity contribution is 7.89. The lowest BCUT2D eigenvalue weighted by molar-refractivity contribution is 0.561. The molecule has 0 unspecified atom stereocenters. The molecule has 5 nitrogen and oxygen atoms in total. The fourth-order valence-electron chi connectivity index (χ4n) is 2.36. The van der Waals surface area contributed by atoms with Crippen LogP contribution in [0.5, 0.6) is 0 Å². The van der Waals surface area contributed by atoms with E-state index in [9.17, 15) is 8.42 Å². The van der Waals surface area contributed by atoms with Gasteiger partial charge in [0.05, 0.1) is 5.75 Å². The number of oxazole rings is 1. The lowest BCUT2D eigenvalue weighted by Crippen LogP contribution is -2.26. The highest BCUT2D eigenvalue weighted by atomic mass is 32.2. The molecule has 0 saturated heterocycles. The van der Waals surface area contributed by atoms with Gasteiger partial charge in [0.15, 0.2) is 11.5 Å². The van der Waals surface area contributed by atoms with Gasteiger partial charge in [-0.15, -0.1) is 0 Å². The summed E-state index contributed by atoms with van der Waals surface area (Å²) in [4.78, 5) is 4.25. The molecule has 3 rings (SSSR count). The molecule has 0 fully saturated rings. The van der Waals surface area contributed by atoms with E-state index in [1.165, 1.54) is 0 Å². The van der Waals surface area contributed by atoms with Crippen LogP contribution in [0.25, 0.3) is 11.1 Å². The molecule has 0 radical (unpaired) electrons. The van der Waals surface area contributed by atoms with Gasteiger partial charge in [-0.2, -0.15) is 0 Å². The van der Waals surface area contributed by atoms with Gasteiger partial charge in [-0.3, -0.25) is 0 Å². The van der Waals surface area contributed by atoms with Crippen LogP contribution in [-0.4, -0.2) is 19.2 Å². The van der Waals surface area contributed by atoms with Gasteiger partial charge in [0, 0.05) is 13.5 Å². The van der Waals surface area contributed by atoms with E-state index in [4.69, 9.17) is 4.42 Å². The summed E-state index contributed by atoms with van der Waals surface area (Å²) in [5, 5.41) is 0. The topological polar surface area (TPSA) is 72.2 Å². The molecule has 1 heterocycles. The van der Waals surface area contributed by atoms with Crippen molar-refractivity contribution in [2.45, 2.75) is 19.9 Å². The minimum Gasteiger partial charge on any atom is -0.441 e. The number of rotatable bonds is 6. The van der Waals surface area contributed by atoms with Gasteiger partial charge >= 0.3 is 0 Å². The van der Waals surface area contributed by atoms with E-state index in [-0.39, 0.29) is 12.3 Å². The molecule has 1 aromatic heterocycles. The number of benzene rings is 2. The van der Waals surface area contributed by atoms with Gasteiger partial charge in [-0.05, 0) is 29.7 Å². The van der Waals surface area contributed by atoms with Crippen molar-refractivity contribution in [1.29, 1.82) is 0 Å². The number of fused-ring (bicyclic) bond motifs is 1. The lowest BCUT2D eigenvalue weighted by Gasteiger charge is -2.07. The maximum absolute atomic E-state index is 12.1. The predicted octanol–water partition coefficient (Wildman–Crippen LogP) is 2.80. The molecule has 0 atom stereocenters. The fourth-order valence-corrected chi connectivity index (χ4v) is 3.40. The third kappa shape index (κ3) is 4.18. The van der Waals surface area contributed by atoms with Crippen LogP contribution >= 0.6 is 0 Å². The van der Waals surface area contributed by atoms with Crippen LogP contribution < -0.4 is 4.72 Å². The second-order valence-corrected chi connectivity index (χ2v) is 7.34. The third-order valence-corrected chi connectivity index (χ3v) is 4.88. The lowest BCUT2D eigenvalue weighted by atomic mass is 10.2. The predicted molar refractivity (Wildman–Crippen MR) is 89.5 cm³/mol. The zero-order valence-corrected chi connectivity index (χ0v) is 13.6. The summed E-state index contributed by atoms with van der Waals surface area (Å²) >= 11 is 0. The Morgan fingerprint density at radius 3 is 2.65 bits per heavy atom. The Balaban J connectivity index is 1.61. The van der Waals surface area contributed by atoms with Crippen LogP contribution in [0.3, 0.4) is 0 Å². The van der Waals surface area contributed by atoms with Crippen molar-refractivity contribution in [3.05, 3.63) is 65.5 Å². The molecule has 23 heavy (non-hydrogen) atoms. The zero-order chi connectivity index (χ0) is 16.3. The normalized spacial score (nSPS) is 11.9. The van der Waals surface area contributed by atoms with Crippen molar-refractivity contribution in [3.8, 4) is 0 Å². The van der Waals surface area contributed by atoms with Crippen LogP contribution in [0.1, 0.15) is 17.0 Å². The molecular weight excluding hydrogens is 312 g/mol. The third-order valence-electron chi connectivity index (χ3n) is 3.56. The highest BCUT2D eigenvalue weighted by Gasteiger charge is 2.11. The van der Waals surface area contributed by atoms with Crippen molar-refractivity contribution in [1.82, 2.24) is 9.71 Å². The van der Waals surface area contributed by atoms with Gasteiger partial charge in [0.25, 0.3) is 0 Å². The van der Waals surface area contributed by atoms with Gasteiger partial charge < -0.3 is 4.42 Å². The highest BCUT2D eigenvalue weighted by Crippen LogP contribution is 2.16. The number of nitrogens with one attached hydrogen (secondary N) is 1. The van der Waals surface area contributed by atoms with Crippen LogP contribution in [0.2, 0.25) is 0 Å². The van der Waals surface area contributed by atoms with Crippen molar-refractivity contribution in [2.75, 3.05) is 5.75 Å². The Hall–Kier alpha value is -2.18. The summed E-state index contributed by atoms with van der Waals surface area (Å²) in [7, 11) is -3.32. The Kier molecular flexibility index (Phi) is 4.45. The number of aromatic nitrogens is 1. The standard InChI is InChI=1S/C17H18N2O3S/c1-13-19-16-11-15(7-8-17(16)22-13)12-18-23(20,21)10-9-14-5-3-2-4-6-14/h2-8,11,18H,9-10,12H2,1H3. The maximum atomic E-state index is 12.1. The van der Waals surface area contributed by atoms with Crippen molar-refractivity contribution in [2.24, 2.45) is 0 Å². The monoisotopic (exact) mass is 330 g/mol. The minimum atomic E-state index is -3.32. The van der Waals surface area contributed by atoms with E-state index in [0.29, 0.717) is 17.9 Å². The zero-order valence-electron chi connectivity index (χ0n) is 12.8. The molecule has 0 spiro atoms. The minimum absolute atomic E-state index is 0.0718. The summed E-state index contributed by atoms with van der Waals surface area (Å²) < 4.78 is 32.2. The second kappa shape index (κ2) is 6.52. The van der Waals surface area contributed by atoms with E-state index in [1.54, 1.807) is 6.92 Å². The molecule has 0 aliphatic heterocycles. The molecule has 0 aliphatic rings. The number of hydrogen-bond acceptors (Lipinski definition) is 4. The Morgan fingerprint density at radius 2 is 1.87 bits per heavy atom.